The lowest BCUT2D eigenvalue weighted by Crippen LogP contribution is -2.21. The highest BCUT2D eigenvalue weighted by molar-refractivity contribution is 5.96. The number of carbonyl (C=O) groups is 1. The number of aliphatic hydroxyl groups excluding tert-OH is 2. The molecule has 0 aliphatic carbocycles. The Balaban J connectivity index is 2.10. The fraction of sp³-hybridized carbons (Fsp3) is 0.176. The van der Waals surface area contributed by atoms with Crippen LogP contribution in [0, 0.1) is 0 Å². The highest BCUT2D eigenvalue weighted by Gasteiger charge is 2.12. The Kier molecular flexibility index (Phi) is 4.20. The van der Waals surface area contributed by atoms with Crippen LogP contribution in [0.5, 0.6) is 5.75 Å². The third kappa shape index (κ3) is 2.94. The second-order valence-corrected chi connectivity index (χ2v) is 5.25. The number of aliphatic hydroxyl groups is 2. The van der Waals surface area contributed by atoms with Crippen molar-refractivity contribution < 1.29 is 29.3 Å². The number of rotatable bonds is 5. The van der Waals surface area contributed by atoms with Gasteiger partial charge < -0.3 is 24.5 Å². The molecule has 0 aliphatic heterocycles. The van der Waals surface area contributed by atoms with Gasteiger partial charge in [-0.25, -0.2) is 4.79 Å². The second kappa shape index (κ2) is 6.31. The second-order valence-electron chi connectivity index (χ2n) is 5.25. The highest BCUT2D eigenvalue weighted by atomic mass is 16.5. The minimum atomic E-state index is -1.13. The maximum absolute atomic E-state index is 12.6. The average molecular weight is 330 g/mol. The Hall–Kier alpha value is -2.90. The number of fused-ring (bicyclic) bond motifs is 2. The molecule has 0 amide bonds. The molecule has 1 aromatic heterocycles. The van der Waals surface area contributed by atoms with E-state index in [1.807, 2.05) is 0 Å². The van der Waals surface area contributed by atoms with Gasteiger partial charge in [-0.15, -0.1) is 0 Å². The van der Waals surface area contributed by atoms with Crippen LogP contribution >= 0.6 is 0 Å². The summed E-state index contributed by atoms with van der Waals surface area (Å²) in [4.78, 5) is 23.7. The monoisotopic (exact) mass is 330 g/mol. The van der Waals surface area contributed by atoms with Crippen molar-refractivity contribution >= 4 is 27.9 Å². The Bertz CT molecular complexity index is 974. The van der Waals surface area contributed by atoms with Crippen LogP contribution in [-0.4, -0.2) is 40.6 Å². The van der Waals surface area contributed by atoms with Crippen molar-refractivity contribution in [2.75, 3.05) is 13.2 Å². The first-order valence-corrected chi connectivity index (χ1v) is 7.15. The molecule has 0 spiro atoms. The van der Waals surface area contributed by atoms with E-state index in [1.54, 1.807) is 12.1 Å². The van der Waals surface area contributed by atoms with Crippen molar-refractivity contribution in [1.82, 2.24) is 0 Å². The lowest BCUT2D eigenvalue weighted by Gasteiger charge is -2.10. The number of hydrogen-bond donors (Lipinski definition) is 3. The fourth-order valence-electron chi connectivity index (χ4n) is 2.30. The molecule has 3 N–H and O–H groups in total. The Morgan fingerprint density at radius 2 is 1.79 bits per heavy atom. The van der Waals surface area contributed by atoms with Gasteiger partial charge in [-0.3, -0.25) is 4.79 Å². The molecule has 0 saturated carbocycles. The molecule has 3 aromatic rings. The Labute approximate surface area is 135 Å². The van der Waals surface area contributed by atoms with E-state index in [0.29, 0.717) is 16.9 Å². The molecule has 1 atom stereocenters. The van der Waals surface area contributed by atoms with Gasteiger partial charge in [0.15, 0.2) is 0 Å². The van der Waals surface area contributed by atoms with Crippen molar-refractivity contribution in [2.45, 2.75) is 6.10 Å². The zero-order chi connectivity index (χ0) is 17.3. The molecule has 2 aromatic carbocycles. The quantitative estimate of drug-likeness (QED) is 0.605. The van der Waals surface area contributed by atoms with Crippen molar-refractivity contribution in [3.8, 4) is 5.75 Å². The number of carboxylic acids is 1. The van der Waals surface area contributed by atoms with Gasteiger partial charge in [0.05, 0.1) is 22.9 Å². The molecule has 0 radical (unpaired) electrons. The number of hydrogen-bond acceptors (Lipinski definition) is 6. The van der Waals surface area contributed by atoms with Crippen LogP contribution in [0.3, 0.4) is 0 Å². The van der Waals surface area contributed by atoms with Gasteiger partial charge >= 0.3 is 5.97 Å². The predicted octanol–water partition coefficient (Wildman–Crippen LogP) is 1.38. The van der Waals surface area contributed by atoms with E-state index in [0.717, 1.165) is 0 Å². The smallest absolute Gasteiger partial charge is 0.335 e. The van der Waals surface area contributed by atoms with Crippen molar-refractivity contribution in [3.05, 3.63) is 52.2 Å². The zero-order valence-electron chi connectivity index (χ0n) is 12.4. The predicted molar refractivity (Wildman–Crippen MR) is 85.5 cm³/mol. The lowest BCUT2D eigenvalue weighted by molar-refractivity contribution is 0.0536. The van der Waals surface area contributed by atoms with E-state index in [-0.39, 0.29) is 28.4 Å². The first-order valence-electron chi connectivity index (χ1n) is 7.15. The molecule has 0 aliphatic rings. The Morgan fingerprint density at radius 3 is 2.46 bits per heavy atom. The van der Waals surface area contributed by atoms with Crippen LogP contribution in [0.15, 0.2) is 45.6 Å². The van der Waals surface area contributed by atoms with Crippen molar-refractivity contribution in [2.24, 2.45) is 0 Å². The van der Waals surface area contributed by atoms with Gasteiger partial charge in [0, 0.05) is 0 Å². The van der Waals surface area contributed by atoms with Gasteiger partial charge in [0.25, 0.3) is 0 Å². The lowest BCUT2D eigenvalue weighted by atomic mass is 10.1. The molecule has 7 heteroatoms. The summed E-state index contributed by atoms with van der Waals surface area (Å²) in [6.07, 6.45) is -1.02. The molecule has 0 saturated heterocycles. The molecule has 124 valence electrons. The van der Waals surface area contributed by atoms with E-state index >= 15 is 0 Å². The highest BCUT2D eigenvalue weighted by Crippen LogP contribution is 2.23. The number of ether oxygens (including phenoxy) is 1. The van der Waals surface area contributed by atoms with Gasteiger partial charge in [-0.2, -0.15) is 0 Å². The summed E-state index contributed by atoms with van der Waals surface area (Å²) in [7, 11) is 0. The summed E-state index contributed by atoms with van der Waals surface area (Å²) in [5.41, 5.74) is 0.252. The molecular formula is C17H14O7. The number of aromatic carboxylic acids is 1. The Morgan fingerprint density at radius 1 is 1.12 bits per heavy atom. The normalized spacial score (nSPS) is 12.4. The van der Waals surface area contributed by atoms with E-state index in [9.17, 15) is 14.7 Å². The summed E-state index contributed by atoms with van der Waals surface area (Å²) in [5.74, 6) is -0.803. The minimum Gasteiger partial charge on any atom is -0.491 e. The summed E-state index contributed by atoms with van der Waals surface area (Å²) >= 11 is 0. The van der Waals surface area contributed by atoms with Crippen LogP contribution in [-0.2, 0) is 0 Å². The van der Waals surface area contributed by atoms with Gasteiger partial charge in [0.1, 0.15) is 29.6 Å². The van der Waals surface area contributed by atoms with Gasteiger partial charge in [0.2, 0.25) is 5.43 Å². The number of benzene rings is 2. The maximum atomic E-state index is 12.6. The van der Waals surface area contributed by atoms with Crippen LogP contribution in [0.25, 0.3) is 21.9 Å². The summed E-state index contributed by atoms with van der Waals surface area (Å²) < 4.78 is 10.9. The summed E-state index contributed by atoms with van der Waals surface area (Å²) in [6, 6.07) is 8.67. The third-order valence-corrected chi connectivity index (χ3v) is 3.54. The van der Waals surface area contributed by atoms with Gasteiger partial charge in [-0.1, -0.05) is 0 Å². The largest absolute Gasteiger partial charge is 0.491 e. The summed E-state index contributed by atoms with van der Waals surface area (Å²) in [6.45, 7) is -0.553. The third-order valence-electron chi connectivity index (χ3n) is 3.54. The van der Waals surface area contributed by atoms with E-state index in [4.69, 9.17) is 19.4 Å². The molecule has 1 heterocycles. The first-order chi connectivity index (χ1) is 11.5. The summed E-state index contributed by atoms with van der Waals surface area (Å²) in [5, 5.41) is 27.5. The topological polar surface area (TPSA) is 117 Å². The molecule has 24 heavy (non-hydrogen) atoms. The van der Waals surface area contributed by atoms with E-state index < -0.39 is 18.7 Å². The van der Waals surface area contributed by atoms with Crippen LogP contribution in [0.4, 0.5) is 0 Å². The molecule has 0 fully saturated rings. The van der Waals surface area contributed by atoms with E-state index in [1.165, 1.54) is 24.3 Å². The first kappa shape index (κ1) is 16.0. The van der Waals surface area contributed by atoms with E-state index in [2.05, 4.69) is 0 Å². The number of carboxylic acid groups (broad SMARTS) is 1. The average Bonchev–Trinajstić information content (AvgIpc) is 2.59. The molecule has 3 rings (SSSR count). The molecule has 0 bridgehead atoms. The standard InChI is InChI=1S/C17H14O7/c18-7-10(19)8-23-11-2-4-15-13(6-11)16(20)12-5-9(17(21)22)1-3-14(12)24-15/h1-6,10,18-19H,7-8H2,(H,21,22)/t10-/m0/s1. The maximum Gasteiger partial charge on any atom is 0.335 e. The molecule has 0 unspecified atom stereocenters. The SMILES string of the molecule is O=C(O)c1ccc2oc3ccc(OC[C@@H](O)CO)cc3c(=O)c2c1. The van der Waals surface area contributed by atoms with Gasteiger partial charge in [-0.05, 0) is 36.4 Å². The zero-order valence-corrected chi connectivity index (χ0v) is 12.4. The molecule has 7 nitrogen and oxygen atoms in total. The van der Waals surface area contributed by atoms with Crippen molar-refractivity contribution in [1.29, 1.82) is 0 Å². The van der Waals surface area contributed by atoms with Crippen molar-refractivity contribution in [3.63, 3.8) is 0 Å². The van der Waals surface area contributed by atoms with Crippen LogP contribution in [0.1, 0.15) is 10.4 Å². The fourth-order valence-corrected chi connectivity index (χ4v) is 2.30. The molecular weight excluding hydrogens is 316 g/mol. The van der Waals surface area contributed by atoms with Crippen LogP contribution < -0.4 is 10.2 Å². The minimum absolute atomic E-state index is 0.00683. The van der Waals surface area contributed by atoms with Crippen LogP contribution in [0.2, 0.25) is 0 Å².